The van der Waals surface area contributed by atoms with E-state index in [-0.39, 0.29) is 56.2 Å². The summed E-state index contributed by atoms with van der Waals surface area (Å²) in [6.07, 6.45) is 15.9. The molecule has 0 rings (SSSR count). The van der Waals surface area contributed by atoms with Crippen LogP contribution in [0.3, 0.4) is 0 Å². The van der Waals surface area contributed by atoms with E-state index in [1.807, 2.05) is 0 Å². The molecule has 0 aromatic heterocycles. The Labute approximate surface area is 184 Å². The van der Waals surface area contributed by atoms with E-state index >= 15 is 0 Å². The number of esters is 1. The standard InChI is InChI=1S/C20H38O4.Ca/c1-3-4-5-12-15-19(24-18(2)21)16-13-10-8-6-7-9-11-14-17-20(22)23;/h19H,3-17H2,1-2H3,(H,22,23);/q;+2/p-1. The average molecular weight is 382 g/mol. The van der Waals surface area contributed by atoms with Crippen LogP contribution in [0.25, 0.3) is 0 Å². The van der Waals surface area contributed by atoms with Gasteiger partial charge in [-0.1, -0.05) is 64.7 Å². The van der Waals surface area contributed by atoms with Crippen molar-refractivity contribution < 1.29 is 19.4 Å². The van der Waals surface area contributed by atoms with Gasteiger partial charge in [0, 0.05) is 12.9 Å². The smallest absolute Gasteiger partial charge is 0.550 e. The van der Waals surface area contributed by atoms with Crippen molar-refractivity contribution >= 4 is 49.7 Å². The van der Waals surface area contributed by atoms with Crippen LogP contribution in [0.4, 0.5) is 0 Å². The molecule has 0 radical (unpaired) electrons. The van der Waals surface area contributed by atoms with Crippen LogP contribution in [-0.2, 0) is 14.3 Å². The predicted molar refractivity (Wildman–Crippen MR) is 101 cm³/mol. The van der Waals surface area contributed by atoms with Gasteiger partial charge >= 0.3 is 43.7 Å². The molecule has 0 saturated heterocycles. The van der Waals surface area contributed by atoms with Crippen molar-refractivity contribution in [2.75, 3.05) is 0 Å². The molecule has 0 aromatic rings. The Morgan fingerprint density at radius 3 is 1.68 bits per heavy atom. The zero-order valence-corrected chi connectivity index (χ0v) is 18.7. The van der Waals surface area contributed by atoms with E-state index < -0.39 is 5.97 Å². The molecule has 0 bridgehead atoms. The third-order valence-electron chi connectivity index (χ3n) is 4.37. The molecule has 4 nitrogen and oxygen atoms in total. The second-order valence-corrected chi connectivity index (χ2v) is 6.82. The molecule has 0 spiro atoms. The molecule has 0 N–H and O–H groups in total. The number of hydrogen-bond donors (Lipinski definition) is 0. The topological polar surface area (TPSA) is 66.4 Å². The molecule has 1 unspecified atom stereocenters. The third-order valence-corrected chi connectivity index (χ3v) is 4.37. The molecule has 1 atom stereocenters. The Balaban J connectivity index is 0. The van der Waals surface area contributed by atoms with Crippen LogP contribution in [0.1, 0.15) is 110 Å². The number of carbonyl (C=O) groups is 2. The minimum atomic E-state index is -0.938. The van der Waals surface area contributed by atoms with Crippen molar-refractivity contribution in [3.63, 3.8) is 0 Å². The van der Waals surface area contributed by atoms with E-state index in [2.05, 4.69) is 6.92 Å². The molecule has 142 valence electrons. The van der Waals surface area contributed by atoms with Crippen LogP contribution in [-0.4, -0.2) is 55.8 Å². The van der Waals surface area contributed by atoms with Crippen molar-refractivity contribution in [3.8, 4) is 0 Å². The van der Waals surface area contributed by atoms with Gasteiger partial charge in [-0.15, -0.1) is 0 Å². The molecule has 5 heteroatoms. The first-order valence-electron chi connectivity index (χ1n) is 9.93. The van der Waals surface area contributed by atoms with Gasteiger partial charge in [0.05, 0.1) is 0 Å². The third kappa shape index (κ3) is 22.2. The number of aliphatic carboxylic acids is 1. The minimum Gasteiger partial charge on any atom is -0.550 e. The Bertz CT molecular complexity index is 321. The van der Waals surface area contributed by atoms with Crippen LogP contribution in [0, 0.1) is 0 Å². The van der Waals surface area contributed by atoms with Gasteiger partial charge < -0.3 is 14.6 Å². The zero-order chi connectivity index (χ0) is 18.0. The molecule has 0 saturated carbocycles. The molecule has 0 fully saturated rings. The van der Waals surface area contributed by atoms with E-state index in [1.165, 1.54) is 51.9 Å². The molecule has 0 amide bonds. The van der Waals surface area contributed by atoms with Gasteiger partial charge in [0.2, 0.25) is 0 Å². The maximum absolute atomic E-state index is 11.2. The molecule has 0 aliphatic rings. The molecular formula is C20H37CaO4+. The first-order chi connectivity index (χ1) is 11.6. The molecule has 0 aliphatic heterocycles. The van der Waals surface area contributed by atoms with Gasteiger partial charge in [-0.2, -0.15) is 0 Å². The van der Waals surface area contributed by atoms with Crippen LogP contribution in [0.15, 0.2) is 0 Å². The molecule has 0 aliphatic carbocycles. The van der Waals surface area contributed by atoms with Crippen molar-refractivity contribution in [3.05, 3.63) is 0 Å². The van der Waals surface area contributed by atoms with Gasteiger partial charge in [0.1, 0.15) is 6.10 Å². The summed E-state index contributed by atoms with van der Waals surface area (Å²) in [6.45, 7) is 3.70. The number of carbonyl (C=O) groups excluding carboxylic acids is 2. The molecule has 0 aromatic carbocycles. The normalized spacial score (nSPS) is 11.6. The SMILES string of the molecule is CCCCCCC(CCCCCCCCCCC(=O)[O-])OC(C)=O.[Ca+2]. The summed E-state index contributed by atoms with van der Waals surface area (Å²) in [5.74, 6) is -1.10. The van der Waals surface area contributed by atoms with Crippen LogP contribution in [0.2, 0.25) is 0 Å². The Kier molecular flexibility index (Phi) is 22.5. The maximum atomic E-state index is 11.2. The van der Waals surface area contributed by atoms with Gasteiger partial charge in [0.25, 0.3) is 0 Å². The number of carboxylic acid groups (broad SMARTS) is 1. The van der Waals surface area contributed by atoms with Crippen molar-refractivity contribution in [1.82, 2.24) is 0 Å². The monoisotopic (exact) mass is 381 g/mol. The van der Waals surface area contributed by atoms with Gasteiger partial charge in [-0.25, -0.2) is 0 Å². The number of carboxylic acids is 1. The first kappa shape index (κ1) is 27.4. The van der Waals surface area contributed by atoms with E-state index in [0.717, 1.165) is 44.9 Å². The molecule has 0 heterocycles. The second-order valence-electron chi connectivity index (χ2n) is 6.82. The zero-order valence-electron chi connectivity index (χ0n) is 16.5. The van der Waals surface area contributed by atoms with E-state index in [9.17, 15) is 14.7 Å². The minimum absolute atomic E-state index is 0. The average Bonchev–Trinajstić information content (AvgIpc) is 2.52. The fourth-order valence-electron chi connectivity index (χ4n) is 3.00. The summed E-state index contributed by atoms with van der Waals surface area (Å²) in [5, 5.41) is 10.3. The molecular weight excluding hydrogens is 344 g/mol. The van der Waals surface area contributed by atoms with Crippen LogP contribution in [0.5, 0.6) is 0 Å². The summed E-state index contributed by atoms with van der Waals surface area (Å²) in [5.41, 5.74) is 0. The van der Waals surface area contributed by atoms with E-state index in [0.29, 0.717) is 0 Å². The Hall–Kier alpha value is 0.200. The van der Waals surface area contributed by atoms with Crippen molar-refractivity contribution in [2.24, 2.45) is 0 Å². The summed E-state index contributed by atoms with van der Waals surface area (Å²) in [6, 6.07) is 0. The summed E-state index contributed by atoms with van der Waals surface area (Å²) in [4.78, 5) is 21.5. The van der Waals surface area contributed by atoms with E-state index in [4.69, 9.17) is 4.74 Å². The van der Waals surface area contributed by atoms with Crippen molar-refractivity contribution in [1.29, 1.82) is 0 Å². The summed E-state index contributed by atoms with van der Waals surface area (Å²) < 4.78 is 5.43. The number of unbranched alkanes of at least 4 members (excludes halogenated alkanes) is 10. The van der Waals surface area contributed by atoms with Gasteiger partial charge in [-0.3, -0.25) is 4.79 Å². The first-order valence-corrected chi connectivity index (χ1v) is 9.93. The molecule has 25 heavy (non-hydrogen) atoms. The fourth-order valence-corrected chi connectivity index (χ4v) is 3.00. The number of ether oxygens (including phenoxy) is 1. The summed E-state index contributed by atoms with van der Waals surface area (Å²) in [7, 11) is 0. The quantitative estimate of drug-likeness (QED) is 0.216. The Morgan fingerprint density at radius 2 is 1.24 bits per heavy atom. The largest absolute Gasteiger partial charge is 2.00 e. The maximum Gasteiger partial charge on any atom is 2.00 e. The van der Waals surface area contributed by atoms with Gasteiger partial charge in [0.15, 0.2) is 0 Å². The fraction of sp³-hybridized carbons (Fsp3) is 0.900. The second kappa shape index (κ2) is 20.5. The van der Waals surface area contributed by atoms with Crippen molar-refractivity contribution in [2.45, 2.75) is 116 Å². The predicted octanol–water partition coefficient (Wildman–Crippen LogP) is 4.16. The van der Waals surface area contributed by atoms with Crippen LogP contribution >= 0.6 is 0 Å². The van der Waals surface area contributed by atoms with Crippen LogP contribution < -0.4 is 5.11 Å². The number of hydrogen-bond acceptors (Lipinski definition) is 4. The summed E-state index contributed by atoms with van der Waals surface area (Å²) >= 11 is 0. The van der Waals surface area contributed by atoms with E-state index in [1.54, 1.807) is 0 Å². The van der Waals surface area contributed by atoms with Gasteiger partial charge in [-0.05, 0) is 38.5 Å². The Morgan fingerprint density at radius 1 is 0.800 bits per heavy atom. The number of rotatable bonds is 17.